The minimum Gasteiger partial charge on any atom is -0.314 e. The fraction of sp³-hybridized carbons (Fsp3) is 0.625. The zero-order chi connectivity index (χ0) is 13.7. The van der Waals surface area contributed by atoms with Crippen molar-refractivity contribution in [2.24, 2.45) is 5.92 Å². The predicted molar refractivity (Wildman–Crippen MR) is 79.2 cm³/mol. The zero-order valence-electron chi connectivity index (χ0n) is 11.6. The summed E-state index contributed by atoms with van der Waals surface area (Å²) in [6.07, 6.45) is 7.17. The summed E-state index contributed by atoms with van der Waals surface area (Å²) in [5.41, 5.74) is 1.05. The van der Waals surface area contributed by atoms with Crippen LogP contribution >= 0.6 is 11.6 Å². The summed E-state index contributed by atoms with van der Waals surface area (Å²) in [6, 6.07) is 5.81. The van der Waals surface area contributed by atoms with Gasteiger partial charge in [-0.2, -0.15) is 0 Å². The zero-order valence-corrected chi connectivity index (χ0v) is 12.3. The van der Waals surface area contributed by atoms with Gasteiger partial charge >= 0.3 is 0 Å². The summed E-state index contributed by atoms with van der Waals surface area (Å²) < 4.78 is 13.3. The van der Waals surface area contributed by atoms with Gasteiger partial charge in [0.25, 0.3) is 0 Å². The van der Waals surface area contributed by atoms with Gasteiger partial charge in [-0.1, -0.05) is 24.6 Å². The number of hydrogen-bond donors (Lipinski definition) is 1. The molecule has 3 heteroatoms. The van der Waals surface area contributed by atoms with E-state index in [1.54, 1.807) is 12.1 Å². The third-order valence-electron chi connectivity index (χ3n) is 3.81. The third kappa shape index (κ3) is 4.77. The summed E-state index contributed by atoms with van der Waals surface area (Å²) in [7, 11) is 0. The van der Waals surface area contributed by atoms with Crippen molar-refractivity contribution in [2.75, 3.05) is 6.54 Å². The van der Waals surface area contributed by atoms with Crippen LogP contribution in [0.25, 0.3) is 0 Å². The average molecular weight is 284 g/mol. The first-order valence-electron chi connectivity index (χ1n) is 7.38. The molecule has 1 saturated carbocycles. The molecule has 0 aromatic heterocycles. The second kappa shape index (κ2) is 7.25. The average Bonchev–Trinajstić information content (AvgIpc) is 3.22. The molecule has 1 N–H and O–H groups in total. The van der Waals surface area contributed by atoms with Crippen molar-refractivity contribution in [3.05, 3.63) is 34.6 Å². The molecule has 0 heterocycles. The van der Waals surface area contributed by atoms with Gasteiger partial charge in [0.05, 0.1) is 5.02 Å². The number of benzene rings is 1. The first kappa shape index (κ1) is 14.8. The van der Waals surface area contributed by atoms with E-state index in [-0.39, 0.29) is 10.8 Å². The van der Waals surface area contributed by atoms with Crippen molar-refractivity contribution < 1.29 is 4.39 Å². The highest BCUT2D eigenvalue weighted by Gasteiger charge is 2.29. The van der Waals surface area contributed by atoms with E-state index in [0.717, 1.165) is 30.9 Å². The molecule has 1 fully saturated rings. The number of aryl methyl sites for hydroxylation is 1. The Labute approximate surface area is 120 Å². The monoisotopic (exact) mass is 283 g/mol. The second-order valence-electron chi connectivity index (χ2n) is 5.54. The highest BCUT2D eigenvalue weighted by atomic mass is 35.5. The Hall–Kier alpha value is -0.600. The third-order valence-corrected chi connectivity index (χ3v) is 4.12. The molecule has 106 valence electrons. The molecule has 1 aliphatic carbocycles. The normalized spacial score (nSPS) is 16.6. The molecule has 1 atom stereocenters. The van der Waals surface area contributed by atoms with Crippen LogP contribution in [0.2, 0.25) is 5.02 Å². The van der Waals surface area contributed by atoms with E-state index in [1.165, 1.54) is 25.7 Å². The van der Waals surface area contributed by atoms with Crippen LogP contribution in [0.4, 0.5) is 4.39 Å². The topological polar surface area (TPSA) is 12.0 Å². The van der Waals surface area contributed by atoms with E-state index in [2.05, 4.69) is 12.2 Å². The van der Waals surface area contributed by atoms with E-state index >= 15 is 0 Å². The molecule has 1 nitrogen and oxygen atoms in total. The Morgan fingerprint density at radius 2 is 2.21 bits per heavy atom. The first-order chi connectivity index (χ1) is 9.20. The van der Waals surface area contributed by atoms with E-state index in [0.29, 0.717) is 6.04 Å². The van der Waals surface area contributed by atoms with Gasteiger partial charge in [-0.05, 0) is 68.7 Å². The lowest BCUT2D eigenvalue weighted by Crippen LogP contribution is -2.31. The minimum atomic E-state index is -0.304. The Morgan fingerprint density at radius 1 is 1.42 bits per heavy atom. The fourth-order valence-corrected chi connectivity index (χ4v) is 2.67. The molecule has 1 aliphatic rings. The van der Waals surface area contributed by atoms with Crippen molar-refractivity contribution in [1.82, 2.24) is 5.32 Å². The number of rotatable bonds is 8. The van der Waals surface area contributed by atoms with Crippen LogP contribution in [0, 0.1) is 11.7 Å². The van der Waals surface area contributed by atoms with Crippen LogP contribution in [0.5, 0.6) is 0 Å². The predicted octanol–water partition coefficient (Wildman–Crippen LogP) is 4.58. The smallest absolute Gasteiger partial charge is 0.142 e. The van der Waals surface area contributed by atoms with Crippen molar-refractivity contribution in [1.29, 1.82) is 0 Å². The number of hydrogen-bond acceptors (Lipinski definition) is 1. The molecule has 2 rings (SSSR count). The van der Waals surface area contributed by atoms with Crippen LogP contribution in [-0.4, -0.2) is 12.6 Å². The molecule has 19 heavy (non-hydrogen) atoms. The van der Waals surface area contributed by atoms with Crippen LogP contribution in [-0.2, 0) is 6.42 Å². The van der Waals surface area contributed by atoms with Gasteiger partial charge in [0.15, 0.2) is 0 Å². The van der Waals surface area contributed by atoms with E-state index in [9.17, 15) is 4.39 Å². The second-order valence-corrected chi connectivity index (χ2v) is 5.95. The van der Waals surface area contributed by atoms with Crippen molar-refractivity contribution in [2.45, 2.75) is 51.5 Å². The molecule has 1 aromatic rings. The summed E-state index contributed by atoms with van der Waals surface area (Å²) >= 11 is 5.69. The minimum absolute atomic E-state index is 0.212. The van der Waals surface area contributed by atoms with Gasteiger partial charge in [-0.15, -0.1) is 0 Å². The van der Waals surface area contributed by atoms with Gasteiger partial charge in [0, 0.05) is 6.04 Å². The van der Waals surface area contributed by atoms with E-state index in [4.69, 9.17) is 11.6 Å². The lowest BCUT2D eigenvalue weighted by molar-refractivity contribution is 0.425. The van der Waals surface area contributed by atoms with Crippen LogP contribution < -0.4 is 5.32 Å². The maximum atomic E-state index is 13.3. The van der Waals surface area contributed by atoms with Gasteiger partial charge in [0.2, 0.25) is 0 Å². The Balaban J connectivity index is 1.76. The number of halogens is 2. The Bertz CT molecular complexity index is 404. The van der Waals surface area contributed by atoms with Crippen LogP contribution in [0.1, 0.15) is 44.6 Å². The lowest BCUT2D eigenvalue weighted by Gasteiger charge is -2.17. The quantitative estimate of drug-likeness (QED) is 0.736. The SMILES string of the molecule is CCCNC(CCCc1ccc(Cl)c(F)c1)C1CC1. The molecule has 0 saturated heterocycles. The summed E-state index contributed by atoms with van der Waals surface area (Å²) in [6.45, 7) is 3.31. The van der Waals surface area contributed by atoms with E-state index < -0.39 is 0 Å². The van der Waals surface area contributed by atoms with Gasteiger partial charge in [0.1, 0.15) is 5.82 Å². The maximum Gasteiger partial charge on any atom is 0.142 e. The molecule has 0 amide bonds. The summed E-state index contributed by atoms with van der Waals surface area (Å²) in [5.74, 6) is 0.579. The highest BCUT2D eigenvalue weighted by Crippen LogP contribution is 2.34. The lowest BCUT2D eigenvalue weighted by atomic mass is 10.0. The van der Waals surface area contributed by atoms with Gasteiger partial charge < -0.3 is 5.32 Å². The molecule has 0 aliphatic heterocycles. The Kier molecular flexibility index (Phi) is 5.65. The summed E-state index contributed by atoms with van der Waals surface area (Å²) in [4.78, 5) is 0. The van der Waals surface area contributed by atoms with Crippen molar-refractivity contribution in [3.63, 3.8) is 0 Å². The van der Waals surface area contributed by atoms with Crippen molar-refractivity contribution >= 4 is 11.6 Å². The van der Waals surface area contributed by atoms with Gasteiger partial charge in [-0.3, -0.25) is 0 Å². The Morgan fingerprint density at radius 3 is 2.84 bits per heavy atom. The maximum absolute atomic E-state index is 13.3. The van der Waals surface area contributed by atoms with E-state index in [1.807, 2.05) is 6.07 Å². The highest BCUT2D eigenvalue weighted by molar-refractivity contribution is 6.30. The molecule has 0 radical (unpaired) electrons. The summed E-state index contributed by atoms with van der Waals surface area (Å²) in [5, 5.41) is 3.86. The first-order valence-corrected chi connectivity index (χ1v) is 7.75. The van der Waals surface area contributed by atoms with Crippen molar-refractivity contribution in [3.8, 4) is 0 Å². The molecular weight excluding hydrogens is 261 g/mol. The van der Waals surface area contributed by atoms with Crippen LogP contribution in [0.3, 0.4) is 0 Å². The molecular formula is C16H23ClFN. The molecule has 0 bridgehead atoms. The largest absolute Gasteiger partial charge is 0.314 e. The molecule has 1 unspecified atom stereocenters. The standard InChI is InChI=1S/C16H23ClFN/c1-2-10-19-16(13-7-8-13)5-3-4-12-6-9-14(17)15(18)11-12/h6,9,11,13,16,19H,2-5,7-8,10H2,1H3. The number of nitrogens with one attached hydrogen (secondary N) is 1. The fourth-order valence-electron chi connectivity index (χ4n) is 2.55. The van der Waals surface area contributed by atoms with Crippen LogP contribution in [0.15, 0.2) is 18.2 Å². The molecule has 1 aromatic carbocycles. The van der Waals surface area contributed by atoms with Gasteiger partial charge in [-0.25, -0.2) is 4.39 Å². The molecule has 0 spiro atoms.